The number of anilines is 1. The number of hydrogen-bond donors (Lipinski definition) is 0. The van der Waals surface area contributed by atoms with E-state index in [4.69, 9.17) is 14.2 Å². The zero-order valence-corrected chi connectivity index (χ0v) is 13.3. The molecule has 0 saturated carbocycles. The van der Waals surface area contributed by atoms with Crippen LogP contribution in [0.25, 0.3) is 0 Å². The van der Waals surface area contributed by atoms with Gasteiger partial charge >= 0.3 is 0 Å². The monoisotopic (exact) mass is 318 g/mol. The number of rotatable bonds is 4. The number of fused-ring (bicyclic) bond motifs is 3. The average molecular weight is 318 g/mol. The third-order valence-corrected chi connectivity index (χ3v) is 4.91. The minimum atomic E-state index is -0.126. The standard InChI is InChI=1S/C17H22N2O4/c1-21-7-6-18-14-4-2-3-5-16(14)23-13-8-15(17(18)20)19(9-13)12-10-22-11-12/h2-5,12-13,15H,6-11H2,1H3. The van der Waals surface area contributed by atoms with Crippen molar-refractivity contribution < 1.29 is 19.0 Å². The van der Waals surface area contributed by atoms with Gasteiger partial charge in [-0.15, -0.1) is 0 Å². The molecule has 1 aromatic carbocycles. The van der Waals surface area contributed by atoms with Crippen LogP contribution in [0.3, 0.4) is 0 Å². The van der Waals surface area contributed by atoms with E-state index >= 15 is 0 Å². The van der Waals surface area contributed by atoms with E-state index in [2.05, 4.69) is 4.90 Å². The molecule has 0 radical (unpaired) electrons. The van der Waals surface area contributed by atoms with Gasteiger partial charge in [-0.25, -0.2) is 0 Å². The molecular formula is C17H22N2O4. The van der Waals surface area contributed by atoms with E-state index in [1.807, 2.05) is 29.2 Å². The van der Waals surface area contributed by atoms with Gasteiger partial charge < -0.3 is 19.1 Å². The maximum Gasteiger partial charge on any atom is 0.244 e. The Balaban J connectivity index is 1.68. The highest BCUT2D eigenvalue weighted by Gasteiger charge is 2.46. The van der Waals surface area contributed by atoms with Gasteiger partial charge in [-0.2, -0.15) is 0 Å². The highest BCUT2D eigenvalue weighted by Crippen LogP contribution is 2.37. The molecule has 4 rings (SSSR count). The third-order valence-electron chi connectivity index (χ3n) is 4.91. The topological polar surface area (TPSA) is 51.2 Å². The van der Waals surface area contributed by atoms with Crippen LogP contribution in [0, 0.1) is 0 Å². The predicted molar refractivity (Wildman–Crippen MR) is 84.8 cm³/mol. The number of likely N-dealkylation sites (tertiary alicyclic amines) is 1. The minimum Gasteiger partial charge on any atom is -0.487 e. The van der Waals surface area contributed by atoms with E-state index in [0.717, 1.165) is 24.4 Å². The van der Waals surface area contributed by atoms with Gasteiger partial charge in [0.1, 0.15) is 11.9 Å². The van der Waals surface area contributed by atoms with Gasteiger partial charge in [0.25, 0.3) is 0 Å². The third kappa shape index (κ3) is 2.60. The molecule has 2 fully saturated rings. The first kappa shape index (κ1) is 14.9. The van der Waals surface area contributed by atoms with Crippen LogP contribution in [0.4, 0.5) is 5.69 Å². The Morgan fingerprint density at radius 3 is 2.87 bits per heavy atom. The quantitative estimate of drug-likeness (QED) is 0.826. The lowest BCUT2D eigenvalue weighted by molar-refractivity contribution is -0.128. The molecule has 0 aromatic heterocycles. The van der Waals surface area contributed by atoms with Crippen molar-refractivity contribution in [2.75, 3.05) is 44.9 Å². The Morgan fingerprint density at radius 2 is 2.13 bits per heavy atom. The fraction of sp³-hybridized carbons (Fsp3) is 0.588. The summed E-state index contributed by atoms with van der Waals surface area (Å²) in [5.74, 6) is 0.930. The highest BCUT2D eigenvalue weighted by atomic mass is 16.5. The van der Waals surface area contributed by atoms with Crippen molar-refractivity contribution in [1.82, 2.24) is 4.90 Å². The molecule has 0 N–H and O–H groups in total. The highest BCUT2D eigenvalue weighted by molar-refractivity contribution is 5.99. The van der Waals surface area contributed by atoms with E-state index in [0.29, 0.717) is 32.4 Å². The lowest BCUT2D eigenvalue weighted by atomic mass is 10.1. The Morgan fingerprint density at radius 1 is 1.30 bits per heavy atom. The minimum absolute atomic E-state index is 0.0651. The summed E-state index contributed by atoms with van der Waals surface area (Å²) in [5.41, 5.74) is 0.843. The van der Waals surface area contributed by atoms with Gasteiger partial charge in [0, 0.05) is 26.6 Å². The molecule has 1 aromatic rings. The van der Waals surface area contributed by atoms with Crippen molar-refractivity contribution in [3.8, 4) is 5.75 Å². The van der Waals surface area contributed by atoms with Gasteiger partial charge in [-0.05, 0) is 12.1 Å². The summed E-state index contributed by atoms with van der Waals surface area (Å²) in [4.78, 5) is 17.3. The van der Waals surface area contributed by atoms with Crippen molar-refractivity contribution in [2.24, 2.45) is 0 Å². The number of carbonyl (C=O) groups is 1. The second-order valence-electron chi connectivity index (χ2n) is 6.33. The predicted octanol–water partition coefficient (Wildman–Crippen LogP) is 0.900. The van der Waals surface area contributed by atoms with Crippen LogP contribution in [0.15, 0.2) is 24.3 Å². The zero-order valence-electron chi connectivity index (χ0n) is 13.3. The van der Waals surface area contributed by atoms with E-state index in [9.17, 15) is 4.79 Å². The summed E-state index contributed by atoms with van der Waals surface area (Å²) in [6.45, 7) is 3.24. The van der Waals surface area contributed by atoms with Crippen molar-refractivity contribution in [1.29, 1.82) is 0 Å². The first-order valence-electron chi connectivity index (χ1n) is 8.17. The second-order valence-corrected chi connectivity index (χ2v) is 6.33. The molecule has 3 aliphatic rings. The molecule has 3 aliphatic heterocycles. The summed E-state index contributed by atoms with van der Waals surface area (Å²) in [6, 6.07) is 7.99. The van der Waals surface area contributed by atoms with Crippen molar-refractivity contribution in [3.63, 3.8) is 0 Å². The van der Waals surface area contributed by atoms with Crippen LogP contribution in [0.1, 0.15) is 6.42 Å². The molecule has 124 valence electrons. The molecule has 2 unspecified atom stereocenters. The lowest BCUT2D eigenvalue weighted by Gasteiger charge is -2.38. The van der Waals surface area contributed by atoms with Crippen LogP contribution in [0.5, 0.6) is 5.75 Å². The average Bonchev–Trinajstić information content (AvgIpc) is 2.90. The molecule has 23 heavy (non-hydrogen) atoms. The summed E-state index contributed by atoms with van der Waals surface area (Å²) in [5, 5.41) is 0. The van der Waals surface area contributed by atoms with Crippen molar-refractivity contribution >= 4 is 11.6 Å². The smallest absolute Gasteiger partial charge is 0.244 e. The molecule has 2 saturated heterocycles. The Kier molecular flexibility index (Phi) is 3.97. The van der Waals surface area contributed by atoms with Gasteiger partial charge in [0.15, 0.2) is 0 Å². The normalized spacial score (nSPS) is 27.9. The van der Waals surface area contributed by atoms with Gasteiger partial charge in [0.05, 0.1) is 37.6 Å². The molecule has 6 heteroatoms. The van der Waals surface area contributed by atoms with Gasteiger partial charge in [0.2, 0.25) is 5.91 Å². The van der Waals surface area contributed by atoms with Crippen LogP contribution in [-0.2, 0) is 14.3 Å². The molecule has 2 bridgehead atoms. The summed E-state index contributed by atoms with van der Waals surface area (Å²) < 4.78 is 16.7. The number of para-hydroxylation sites is 2. The fourth-order valence-electron chi connectivity index (χ4n) is 3.64. The van der Waals surface area contributed by atoms with E-state index in [1.54, 1.807) is 7.11 Å². The first-order chi connectivity index (χ1) is 11.3. The second kappa shape index (κ2) is 6.11. The molecule has 1 amide bonds. The van der Waals surface area contributed by atoms with E-state index < -0.39 is 0 Å². The molecule has 6 nitrogen and oxygen atoms in total. The van der Waals surface area contributed by atoms with Crippen molar-refractivity contribution in [3.05, 3.63) is 24.3 Å². The summed E-state index contributed by atoms with van der Waals surface area (Å²) >= 11 is 0. The van der Waals surface area contributed by atoms with Crippen LogP contribution < -0.4 is 9.64 Å². The fourth-order valence-corrected chi connectivity index (χ4v) is 3.64. The van der Waals surface area contributed by atoms with Gasteiger partial charge in [-0.1, -0.05) is 12.1 Å². The number of ether oxygens (including phenoxy) is 3. The Hall–Kier alpha value is -1.63. The molecule has 2 atom stereocenters. The SMILES string of the molecule is COCCN1C(=O)C2CC(CN2C2COC2)Oc2ccccc21. The number of hydrogen-bond acceptors (Lipinski definition) is 5. The maximum atomic E-state index is 13.2. The molecular weight excluding hydrogens is 296 g/mol. The van der Waals surface area contributed by atoms with Crippen LogP contribution in [0.2, 0.25) is 0 Å². The van der Waals surface area contributed by atoms with Gasteiger partial charge in [-0.3, -0.25) is 9.69 Å². The Labute approximate surface area is 135 Å². The number of carbonyl (C=O) groups excluding carboxylic acids is 1. The summed E-state index contributed by atoms with van der Waals surface area (Å²) in [6.07, 6.45) is 0.808. The largest absolute Gasteiger partial charge is 0.487 e. The van der Waals surface area contributed by atoms with Crippen molar-refractivity contribution in [2.45, 2.75) is 24.6 Å². The van der Waals surface area contributed by atoms with E-state index in [-0.39, 0.29) is 18.1 Å². The maximum absolute atomic E-state index is 13.2. The molecule has 0 spiro atoms. The first-order valence-corrected chi connectivity index (χ1v) is 8.17. The molecule has 0 aliphatic carbocycles. The number of benzene rings is 1. The Bertz CT molecular complexity index is 590. The number of nitrogens with zero attached hydrogens (tertiary/aromatic N) is 2. The van der Waals surface area contributed by atoms with Crippen LogP contribution >= 0.6 is 0 Å². The lowest BCUT2D eigenvalue weighted by Crippen LogP contribution is -2.56. The summed E-state index contributed by atoms with van der Waals surface area (Å²) in [7, 11) is 1.65. The molecule has 3 heterocycles. The number of methoxy groups -OCH3 is 1. The number of amides is 1. The van der Waals surface area contributed by atoms with Crippen LogP contribution in [-0.4, -0.2) is 69.0 Å². The zero-order chi connectivity index (χ0) is 15.8. The van der Waals surface area contributed by atoms with E-state index in [1.165, 1.54) is 0 Å².